The van der Waals surface area contributed by atoms with Crippen LogP contribution in [-0.2, 0) is 6.42 Å². The average molecular weight is 351 g/mol. The van der Waals surface area contributed by atoms with Gasteiger partial charge in [0.05, 0.1) is 6.10 Å². The summed E-state index contributed by atoms with van der Waals surface area (Å²) in [4.78, 5) is 2.58. The van der Waals surface area contributed by atoms with Crippen LogP contribution in [0.4, 0.5) is 0 Å². The molecule has 1 aliphatic carbocycles. The molecule has 26 heavy (non-hydrogen) atoms. The first kappa shape index (κ1) is 17.6. The predicted molar refractivity (Wildman–Crippen MR) is 104 cm³/mol. The lowest BCUT2D eigenvalue weighted by molar-refractivity contribution is 0.117. The van der Waals surface area contributed by atoms with Crippen LogP contribution in [0.15, 0.2) is 48.5 Å². The van der Waals surface area contributed by atoms with Gasteiger partial charge in [-0.25, -0.2) is 0 Å². The quantitative estimate of drug-likeness (QED) is 0.812. The summed E-state index contributed by atoms with van der Waals surface area (Å²) in [6, 6.07) is 16.4. The van der Waals surface area contributed by atoms with Crippen LogP contribution >= 0.6 is 0 Å². The highest BCUT2D eigenvalue weighted by Crippen LogP contribution is 2.37. The van der Waals surface area contributed by atoms with Gasteiger partial charge in [-0.05, 0) is 79.8 Å². The smallest absolute Gasteiger partial charge is 0.119 e. The summed E-state index contributed by atoms with van der Waals surface area (Å²) in [6.07, 6.45) is 4.70. The van der Waals surface area contributed by atoms with E-state index in [2.05, 4.69) is 35.2 Å². The summed E-state index contributed by atoms with van der Waals surface area (Å²) in [5.41, 5.74) is 3.35. The molecule has 1 saturated heterocycles. The molecule has 138 valence electrons. The van der Waals surface area contributed by atoms with Crippen molar-refractivity contribution in [2.75, 3.05) is 19.6 Å². The number of hydrogen-bond donors (Lipinski definition) is 2. The van der Waals surface area contributed by atoms with Crippen molar-refractivity contribution in [3.05, 3.63) is 65.2 Å². The number of aromatic hydroxyl groups is 1. The van der Waals surface area contributed by atoms with Gasteiger partial charge >= 0.3 is 0 Å². The second-order valence-electron chi connectivity index (χ2n) is 7.99. The van der Waals surface area contributed by atoms with Gasteiger partial charge in [-0.2, -0.15) is 0 Å². The van der Waals surface area contributed by atoms with E-state index in [0.29, 0.717) is 17.6 Å². The van der Waals surface area contributed by atoms with Crippen LogP contribution in [0.25, 0.3) is 0 Å². The Balaban J connectivity index is 1.34. The summed E-state index contributed by atoms with van der Waals surface area (Å²) in [5.74, 6) is 1.52. The minimum Gasteiger partial charge on any atom is -0.508 e. The van der Waals surface area contributed by atoms with E-state index in [1.54, 1.807) is 6.07 Å². The Morgan fingerprint density at radius 3 is 2.46 bits per heavy atom. The molecule has 2 N–H and O–H groups in total. The SMILES string of the molecule is Oc1cccc2c1CC[C@H](CN1CCC(c3ccccc3)CC1)C[C@@H]2O. The van der Waals surface area contributed by atoms with Crippen molar-refractivity contribution in [3.8, 4) is 5.75 Å². The van der Waals surface area contributed by atoms with Crippen molar-refractivity contribution in [2.45, 2.75) is 44.1 Å². The zero-order chi connectivity index (χ0) is 17.9. The van der Waals surface area contributed by atoms with Gasteiger partial charge in [0.2, 0.25) is 0 Å². The van der Waals surface area contributed by atoms with Crippen molar-refractivity contribution in [1.29, 1.82) is 0 Å². The Labute approximate surface area is 156 Å². The van der Waals surface area contributed by atoms with Crippen LogP contribution in [0.2, 0.25) is 0 Å². The molecule has 0 spiro atoms. The van der Waals surface area contributed by atoms with Gasteiger partial charge < -0.3 is 15.1 Å². The summed E-state index contributed by atoms with van der Waals surface area (Å²) in [6.45, 7) is 3.35. The summed E-state index contributed by atoms with van der Waals surface area (Å²) in [7, 11) is 0. The third-order valence-corrected chi connectivity index (χ3v) is 6.28. The second-order valence-corrected chi connectivity index (χ2v) is 7.99. The number of rotatable bonds is 3. The largest absolute Gasteiger partial charge is 0.508 e. The number of fused-ring (bicyclic) bond motifs is 1. The molecule has 3 heteroatoms. The fourth-order valence-corrected chi connectivity index (χ4v) is 4.79. The molecular weight excluding hydrogens is 322 g/mol. The summed E-state index contributed by atoms with van der Waals surface area (Å²) < 4.78 is 0. The van der Waals surface area contributed by atoms with Crippen LogP contribution in [0.5, 0.6) is 5.75 Å². The van der Waals surface area contributed by atoms with Crippen LogP contribution in [0.1, 0.15) is 54.4 Å². The Bertz CT molecular complexity index is 722. The lowest BCUT2D eigenvalue weighted by atomic mass is 9.88. The standard InChI is InChI=1S/C23H29NO2/c25-22-8-4-7-20-21(22)10-9-17(15-23(20)26)16-24-13-11-19(12-14-24)18-5-2-1-3-6-18/h1-8,17,19,23,25-26H,9-16H2/t17-,23-/m0/s1. The van der Waals surface area contributed by atoms with Gasteiger partial charge in [0.1, 0.15) is 5.75 Å². The molecule has 3 nitrogen and oxygen atoms in total. The van der Waals surface area contributed by atoms with E-state index in [-0.39, 0.29) is 0 Å². The van der Waals surface area contributed by atoms with E-state index in [0.717, 1.165) is 50.0 Å². The molecule has 2 aromatic carbocycles. The number of piperidine rings is 1. The number of hydrogen-bond acceptors (Lipinski definition) is 3. The lowest BCUT2D eigenvalue weighted by Gasteiger charge is -2.34. The topological polar surface area (TPSA) is 43.7 Å². The van der Waals surface area contributed by atoms with Crippen molar-refractivity contribution in [3.63, 3.8) is 0 Å². The first-order valence-electron chi connectivity index (χ1n) is 9.97. The van der Waals surface area contributed by atoms with Crippen molar-refractivity contribution >= 4 is 0 Å². The molecule has 1 aliphatic heterocycles. The first-order valence-corrected chi connectivity index (χ1v) is 9.97. The number of phenolic OH excluding ortho intramolecular Hbond substituents is 1. The highest BCUT2D eigenvalue weighted by Gasteiger charge is 2.28. The van der Waals surface area contributed by atoms with Gasteiger partial charge in [0, 0.05) is 6.54 Å². The van der Waals surface area contributed by atoms with Gasteiger partial charge in [-0.3, -0.25) is 0 Å². The molecule has 1 heterocycles. The second kappa shape index (κ2) is 7.81. The number of nitrogens with zero attached hydrogens (tertiary/aromatic N) is 1. The fraction of sp³-hybridized carbons (Fsp3) is 0.478. The lowest BCUT2D eigenvalue weighted by Crippen LogP contribution is -2.36. The van der Waals surface area contributed by atoms with E-state index in [9.17, 15) is 10.2 Å². The molecule has 0 saturated carbocycles. The Morgan fingerprint density at radius 1 is 0.923 bits per heavy atom. The maximum atomic E-state index is 10.6. The van der Waals surface area contributed by atoms with E-state index >= 15 is 0 Å². The molecule has 2 aliphatic rings. The monoisotopic (exact) mass is 351 g/mol. The maximum absolute atomic E-state index is 10.6. The van der Waals surface area contributed by atoms with E-state index in [4.69, 9.17) is 0 Å². The number of benzene rings is 2. The molecule has 0 radical (unpaired) electrons. The Hall–Kier alpha value is -1.84. The molecule has 0 bridgehead atoms. The van der Waals surface area contributed by atoms with E-state index in [1.807, 2.05) is 12.1 Å². The van der Waals surface area contributed by atoms with Gasteiger partial charge in [0.25, 0.3) is 0 Å². The molecule has 0 unspecified atom stereocenters. The molecule has 2 atom stereocenters. The summed E-state index contributed by atoms with van der Waals surface area (Å²) in [5, 5.41) is 20.7. The van der Waals surface area contributed by atoms with Crippen molar-refractivity contribution < 1.29 is 10.2 Å². The van der Waals surface area contributed by atoms with Gasteiger partial charge in [-0.15, -0.1) is 0 Å². The average Bonchev–Trinajstić information content (AvgIpc) is 2.83. The number of phenols is 1. The van der Waals surface area contributed by atoms with Crippen LogP contribution in [0.3, 0.4) is 0 Å². The minimum absolute atomic E-state index is 0.339. The molecule has 1 fully saturated rings. The highest BCUT2D eigenvalue weighted by molar-refractivity contribution is 5.41. The van der Waals surface area contributed by atoms with E-state index < -0.39 is 6.10 Å². The summed E-state index contributed by atoms with van der Waals surface area (Å²) >= 11 is 0. The number of likely N-dealkylation sites (tertiary alicyclic amines) is 1. The Morgan fingerprint density at radius 2 is 1.69 bits per heavy atom. The zero-order valence-electron chi connectivity index (χ0n) is 15.3. The Kier molecular flexibility index (Phi) is 5.28. The maximum Gasteiger partial charge on any atom is 0.119 e. The predicted octanol–water partition coefficient (Wildman–Crippen LogP) is 4.26. The highest BCUT2D eigenvalue weighted by atomic mass is 16.3. The third-order valence-electron chi connectivity index (χ3n) is 6.28. The molecule has 4 rings (SSSR count). The van der Waals surface area contributed by atoms with Gasteiger partial charge in [-0.1, -0.05) is 42.5 Å². The molecular formula is C23H29NO2. The molecule has 0 amide bonds. The zero-order valence-corrected chi connectivity index (χ0v) is 15.3. The first-order chi connectivity index (χ1) is 12.7. The molecule has 0 aromatic heterocycles. The number of aliphatic hydroxyl groups excluding tert-OH is 1. The van der Waals surface area contributed by atoms with Crippen LogP contribution in [-0.4, -0.2) is 34.7 Å². The van der Waals surface area contributed by atoms with Crippen molar-refractivity contribution in [2.24, 2.45) is 5.92 Å². The van der Waals surface area contributed by atoms with Crippen molar-refractivity contribution in [1.82, 2.24) is 4.90 Å². The van der Waals surface area contributed by atoms with E-state index in [1.165, 1.54) is 18.4 Å². The molecule has 2 aromatic rings. The number of aliphatic hydroxyl groups is 1. The van der Waals surface area contributed by atoms with Gasteiger partial charge in [0.15, 0.2) is 0 Å². The minimum atomic E-state index is -0.452. The van der Waals surface area contributed by atoms with Crippen LogP contribution in [0, 0.1) is 5.92 Å². The van der Waals surface area contributed by atoms with Crippen LogP contribution < -0.4 is 0 Å². The normalized spacial score (nSPS) is 24.8. The fourth-order valence-electron chi connectivity index (χ4n) is 4.79. The third kappa shape index (κ3) is 3.79.